The Hall–Kier alpha value is -4.31. The van der Waals surface area contributed by atoms with E-state index in [1.54, 1.807) is 41.8 Å². The van der Waals surface area contributed by atoms with Gasteiger partial charge in [0.15, 0.2) is 0 Å². The molecule has 0 radical (unpaired) electrons. The van der Waals surface area contributed by atoms with Crippen molar-refractivity contribution in [2.75, 3.05) is 5.32 Å². The van der Waals surface area contributed by atoms with Gasteiger partial charge in [-0.3, -0.25) is 14.4 Å². The molecule has 0 unspecified atom stereocenters. The van der Waals surface area contributed by atoms with Crippen molar-refractivity contribution in [3.8, 4) is 5.75 Å². The molecule has 0 fully saturated rings. The molecule has 0 atom stereocenters. The van der Waals surface area contributed by atoms with Gasteiger partial charge in [0, 0.05) is 16.8 Å². The lowest BCUT2D eigenvalue weighted by Crippen LogP contribution is -2.32. The standard InChI is InChI=1S/C21H16N4O5S/c22-18(26)13-7-9-15(10-8-13)24-19(27)20(28)25-23-12-14-4-1-2-5-16(14)30-21(29)17-6-3-11-31-17/h1-12H,(H2,22,26)(H,24,27)(H,25,28). The zero-order valence-electron chi connectivity index (χ0n) is 15.9. The van der Waals surface area contributed by atoms with Crippen LogP contribution in [0.3, 0.4) is 0 Å². The molecule has 0 saturated carbocycles. The van der Waals surface area contributed by atoms with Crippen LogP contribution in [0.25, 0.3) is 0 Å². The van der Waals surface area contributed by atoms with E-state index in [0.717, 1.165) is 0 Å². The lowest BCUT2D eigenvalue weighted by Gasteiger charge is -2.06. The zero-order valence-corrected chi connectivity index (χ0v) is 16.7. The third-order valence-corrected chi connectivity index (χ3v) is 4.70. The number of primary amides is 1. The average Bonchev–Trinajstić information content (AvgIpc) is 3.30. The van der Waals surface area contributed by atoms with Gasteiger partial charge in [-0.25, -0.2) is 10.2 Å². The summed E-state index contributed by atoms with van der Waals surface area (Å²) in [7, 11) is 0. The molecule has 3 rings (SSSR count). The van der Waals surface area contributed by atoms with Crippen LogP contribution in [-0.2, 0) is 9.59 Å². The molecule has 31 heavy (non-hydrogen) atoms. The number of carbonyl (C=O) groups excluding carboxylic acids is 4. The Morgan fingerprint density at radius 2 is 1.68 bits per heavy atom. The summed E-state index contributed by atoms with van der Waals surface area (Å²) in [6, 6.07) is 15.7. The third-order valence-electron chi connectivity index (χ3n) is 3.85. The number of esters is 1. The summed E-state index contributed by atoms with van der Waals surface area (Å²) < 4.78 is 5.36. The van der Waals surface area contributed by atoms with Gasteiger partial charge >= 0.3 is 17.8 Å². The smallest absolute Gasteiger partial charge is 0.353 e. The lowest BCUT2D eigenvalue weighted by atomic mass is 10.2. The van der Waals surface area contributed by atoms with E-state index in [1.807, 2.05) is 0 Å². The van der Waals surface area contributed by atoms with Crippen molar-refractivity contribution in [3.05, 3.63) is 82.0 Å². The highest BCUT2D eigenvalue weighted by Crippen LogP contribution is 2.19. The summed E-state index contributed by atoms with van der Waals surface area (Å²) in [5, 5.41) is 7.86. The SMILES string of the molecule is NC(=O)c1ccc(NC(=O)C(=O)NN=Cc2ccccc2OC(=O)c2cccs2)cc1. The first-order valence-electron chi connectivity index (χ1n) is 8.83. The van der Waals surface area contributed by atoms with E-state index < -0.39 is 23.7 Å². The lowest BCUT2D eigenvalue weighted by molar-refractivity contribution is -0.136. The van der Waals surface area contributed by atoms with Crippen LogP contribution in [0.15, 0.2) is 71.1 Å². The summed E-state index contributed by atoms with van der Waals surface area (Å²) in [5.74, 6) is -2.84. The Morgan fingerprint density at radius 3 is 2.35 bits per heavy atom. The Labute approximate surface area is 180 Å². The number of rotatable bonds is 6. The molecular formula is C21H16N4O5S. The number of hydrogen-bond donors (Lipinski definition) is 3. The van der Waals surface area contributed by atoms with Crippen LogP contribution in [0, 0.1) is 0 Å². The molecule has 3 aromatic rings. The largest absolute Gasteiger partial charge is 0.422 e. The number of thiophene rings is 1. The first-order valence-corrected chi connectivity index (χ1v) is 9.71. The fourth-order valence-electron chi connectivity index (χ4n) is 2.34. The molecule has 0 spiro atoms. The van der Waals surface area contributed by atoms with Crippen molar-refractivity contribution in [1.82, 2.24) is 5.43 Å². The Kier molecular flexibility index (Phi) is 6.86. The topological polar surface area (TPSA) is 140 Å². The van der Waals surface area contributed by atoms with E-state index in [9.17, 15) is 19.2 Å². The van der Waals surface area contributed by atoms with Crippen molar-refractivity contribution >= 4 is 46.9 Å². The van der Waals surface area contributed by atoms with Gasteiger partial charge in [-0.15, -0.1) is 11.3 Å². The number of hydrazone groups is 1. The highest BCUT2D eigenvalue weighted by atomic mass is 32.1. The molecule has 156 valence electrons. The van der Waals surface area contributed by atoms with Gasteiger partial charge in [-0.05, 0) is 47.8 Å². The number of nitrogens with two attached hydrogens (primary N) is 1. The summed E-state index contributed by atoms with van der Waals surface area (Å²) >= 11 is 1.25. The maximum absolute atomic E-state index is 12.1. The minimum atomic E-state index is -1.01. The number of hydrogen-bond acceptors (Lipinski definition) is 7. The third kappa shape index (κ3) is 5.84. The van der Waals surface area contributed by atoms with Crippen molar-refractivity contribution in [2.24, 2.45) is 10.8 Å². The van der Waals surface area contributed by atoms with Gasteiger partial charge in [-0.1, -0.05) is 18.2 Å². The molecule has 0 aliphatic heterocycles. The molecule has 9 nitrogen and oxygen atoms in total. The fraction of sp³-hybridized carbons (Fsp3) is 0. The molecule has 10 heteroatoms. The van der Waals surface area contributed by atoms with Crippen LogP contribution >= 0.6 is 11.3 Å². The molecule has 2 aromatic carbocycles. The van der Waals surface area contributed by atoms with Gasteiger partial charge in [0.1, 0.15) is 10.6 Å². The van der Waals surface area contributed by atoms with Gasteiger partial charge in [0.2, 0.25) is 5.91 Å². The fourth-order valence-corrected chi connectivity index (χ4v) is 2.94. The number of nitrogens with zero attached hydrogens (tertiary/aromatic N) is 1. The molecular weight excluding hydrogens is 420 g/mol. The molecule has 0 aliphatic rings. The maximum Gasteiger partial charge on any atom is 0.353 e. The van der Waals surface area contributed by atoms with E-state index >= 15 is 0 Å². The van der Waals surface area contributed by atoms with E-state index in [4.69, 9.17) is 10.5 Å². The van der Waals surface area contributed by atoms with Crippen LogP contribution in [0.4, 0.5) is 5.69 Å². The Bertz CT molecular complexity index is 1140. The summed E-state index contributed by atoms with van der Waals surface area (Å²) in [6.45, 7) is 0. The molecule has 0 saturated heterocycles. The Balaban J connectivity index is 1.58. The minimum Gasteiger partial charge on any atom is -0.422 e. The van der Waals surface area contributed by atoms with Gasteiger partial charge in [-0.2, -0.15) is 5.10 Å². The highest BCUT2D eigenvalue weighted by molar-refractivity contribution is 7.12. The number of carbonyl (C=O) groups is 4. The highest BCUT2D eigenvalue weighted by Gasteiger charge is 2.14. The number of anilines is 1. The van der Waals surface area contributed by atoms with E-state index in [-0.39, 0.29) is 11.3 Å². The first kappa shape index (κ1) is 21.4. The number of nitrogens with one attached hydrogen (secondary N) is 2. The molecule has 4 N–H and O–H groups in total. The zero-order chi connectivity index (χ0) is 22.2. The van der Waals surface area contributed by atoms with Crippen LogP contribution in [0.2, 0.25) is 0 Å². The molecule has 1 aromatic heterocycles. The van der Waals surface area contributed by atoms with E-state index in [0.29, 0.717) is 16.1 Å². The van der Waals surface area contributed by atoms with Gasteiger partial charge < -0.3 is 15.8 Å². The first-order chi connectivity index (χ1) is 14.9. The van der Waals surface area contributed by atoms with E-state index in [1.165, 1.54) is 41.8 Å². The number of benzene rings is 2. The van der Waals surface area contributed by atoms with Crippen LogP contribution in [0.5, 0.6) is 5.75 Å². The number of para-hydroxylation sites is 1. The molecule has 0 aliphatic carbocycles. The van der Waals surface area contributed by atoms with Gasteiger partial charge in [0.25, 0.3) is 0 Å². The normalized spacial score (nSPS) is 10.5. The summed E-state index contributed by atoms with van der Waals surface area (Å²) in [5.41, 5.74) is 8.24. The van der Waals surface area contributed by atoms with Gasteiger partial charge in [0.05, 0.1) is 6.21 Å². The predicted molar refractivity (Wildman–Crippen MR) is 115 cm³/mol. The second-order valence-corrected chi connectivity index (χ2v) is 6.95. The monoisotopic (exact) mass is 436 g/mol. The maximum atomic E-state index is 12.1. The quantitative estimate of drug-likeness (QED) is 0.179. The predicted octanol–water partition coefficient (Wildman–Crippen LogP) is 2.16. The van der Waals surface area contributed by atoms with Crippen LogP contribution < -0.4 is 21.2 Å². The number of ether oxygens (including phenoxy) is 1. The molecule has 3 amide bonds. The number of amides is 3. The second kappa shape index (κ2) is 9.94. The second-order valence-electron chi connectivity index (χ2n) is 6.00. The summed E-state index contributed by atoms with van der Waals surface area (Å²) in [4.78, 5) is 47.5. The average molecular weight is 436 g/mol. The van der Waals surface area contributed by atoms with Crippen molar-refractivity contribution in [2.45, 2.75) is 0 Å². The summed E-state index contributed by atoms with van der Waals surface area (Å²) in [6.07, 6.45) is 1.25. The van der Waals surface area contributed by atoms with Crippen LogP contribution in [-0.4, -0.2) is 29.9 Å². The van der Waals surface area contributed by atoms with Crippen LogP contribution in [0.1, 0.15) is 25.6 Å². The minimum absolute atomic E-state index is 0.248. The van der Waals surface area contributed by atoms with E-state index in [2.05, 4.69) is 15.8 Å². The van der Waals surface area contributed by atoms with Crippen molar-refractivity contribution in [1.29, 1.82) is 0 Å². The van der Waals surface area contributed by atoms with Crippen molar-refractivity contribution < 1.29 is 23.9 Å². The van der Waals surface area contributed by atoms with Crippen molar-refractivity contribution in [3.63, 3.8) is 0 Å². The molecule has 1 heterocycles. The Morgan fingerprint density at radius 1 is 0.935 bits per heavy atom. The molecule has 0 bridgehead atoms.